The number of thioether (sulfide) groups is 1. The molecule has 0 saturated carbocycles. The largest absolute Gasteiger partial charge is 0.293 e. The summed E-state index contributed by atoms with van der Waals surface area (Å²) in [6, 6.07) is 7.49. The van der Waals surface area contributed by atoms with Gasteiger partial charge in [-0.1, -0.05) is 30.0 Å². The highest BCUT2D eigenvalue weighted by Gasteiger charge is 2.14. The van der Waals surface area contributed by atoms with Crippen molar-refractivity contribution >= 4 is 39.1 Å². The van der Waals surface area contributed by atoms with Gasteiger partial charge in [0, 0.05) is 12.1 Å². The second-order valence-electron chi connectivity index (χ2n) is 5.75. The Hall–Kier alpha value is -2.18. The molecule has 128 valence electrons. The van der Waals surface area contributed by atoms with Crippen LogP contribution in [0.3, 0.4) is 0 Å². The molecule has 0 atom stereocenters. The molecule has 6 heteroatoms. The number of benzene rings is 1. The Bertz CT molecular complexity index is 1020. The Morgan fingerprint density at radius 2 is 2.12 bits per heavy atom. The van der Waals surface area contributed by atoms with Crippen LogP contribution in [0.15, 0.2) is 52.3 Å². The van der Waals surface area contributed by atoms with Crippen molar-refractivity contribution in [3.63, 3.8) is 0 Å². The number of hydrogen-bond acceptors (Lipinski definition) is 5. The van der Waals surface area contributed by atoms with E-state index in [-0.39, 0.29) is 17.1 Å². The first kappa shape index (κ1) is 17.6. The third-order valence-corrected chi connectivity index (χ3v) is 5.80. The molecule has 0 aliphatic rings. The third-order valence-electron chi connectivity index (χ3n) is 4.02. The van der Waals surface area contributed by atoms with Gasteiger partial charge in [-0.05, 0) is 42.5 Å². The highest BCUT2D eigenvalue weighted by atomic mass is 32.2. The number of fused-ring (bicyclic) bond motifs is 1. The SMILES string of the molecule is C=CCn1c(SCC(=O)c2ccc(C)c(C)c2)nc2sccc2c1=O. The number of carbonyl (C=O) groups is 1. The van der Waals surface area contributed by atoms with Crippen molar-refractivity contribution in [1.29, 1.82) is 0 Å². The monoisotopic (exact) mass is 370 g/mol. The molecule has 0 fully saturated rings. The van der Waals surface area contributed by atoms with Gasteiger partial charge < -0.3 is 0 Å². The van der Waals surface area contributed by atoms with E-state index in [1.54, 1.807) is 16.7 Å². The second-order valence-corrected chi connectivity index (χ2v) is 7.59. The van der Waals surface area contributed by atoms with Crippen LogP contribution >= 0.6 is 23.1 Å². The molecular formula is C19H18N2O2S2. The van der Waals surface area contributed by atoms with Crippen LogP contribution in [0.25, 0.3) is 10.2 Å². The fourth-order valence-electron chi connectivity index (χ4n) is 2.46. The Kier molecular flexibility index (Phi) is 5.20. The summed E-state index contributed by atoms with van der Waals surface area (Å²) in [5.74, 6) is 0.266. The molecule has 0 unspecified atom stereocenters. The number of nitrogens with zero attached hydrogens (tertiary/aromatic N) is 2. The van der Waals surface area contributed by atoms with Gasteiger partial charge in [0.25, 0.3) is 5.56 Å². The fourth-order valence-corrected chi connectivity index (χ4v) is 4.17. The van der Waals surface area contributed by atoms with E-state index in [4.69, 9.17) is 0 Å². The molecule has 0 radical (unpaired) electrons. The Morgan fingerprint density at radius 3 is 2.84 bits per heavy atom. The van der Waals surface area contributed by atoms with Gasteiger partial charge in [-0.15, -0.1) is 17.9 Å². The van der Waals surface area contributed by atoms with E-state index in [1.165, 1.54) is 23.1 Å². The van der Waals surface area contributed by atoms with E-state index in [0.717, 1.165) is 11.1 Å². The van der Waals surface area contributed by atoms with Gasteiger partial charge in [-0.25, -0.2) is 4.98 Å². The average Bonchev–Trinajstić information content (AvgIpc) is 3.07. The van der Waals surface area contributed by atoms with Gasteiger partial charge in [0.1, 0.15) is 4.83 Å². The molecule has 25 heavy (non-hydrogen) atoms. The number of thiophene rings is 1. The lowest BCUT2D eigenvalue weighted by Crippen LogP contribution is -2.22. The summed E-state index contributed by atoms with van der Waals surface area (Å²) in [6.45, 7) is 8.09. The summed E-state index contributed by atoms with van der Waals surface area (Å²) < 4.78 is 1.57. The van der Waals surface area contributed by atoms with Gasteiger partial charge in [0.15, 0.2) is 10.9 Å². The molecule has 0 aliphatic carbocycles. The van der Waals surface area contributed by atoms with Crippen LogP contribution in [0.2, 0.25) is 0 Å². The first-order valence-corrected chi connectivity index (χ1v) is 9.70. The van der Waals surface area contributed by atoms with E-state index in [2.05, 4.69) is 11.6 Å². The normalized spacial score (nSPS) is 11.0. The zero-order valence-corrected chi connectivity index (χ0v) is 15.7. The first-order chi connectivity index (χ1) is 12.0. The van der Waals surface area contributed by atoms with Crippen molar-refractivity contribution in [2.75, 3.05) is 5.75 Å². The predicted octanol–water partition coefficient (Wildman–Crippen LogP) is 4.24. The maximum atomic E-state index is 12.6. The molecule has 0 saturated heterocycles. The number of rotatable bonds is 6. The molecule has 3 rings (SSSR count). The fraction of sp³-hybridized carbons (Fsp3) is 0.211. The minimum Gasteiger partial charge on any atom is -0.293 e. The Morgan fingerprint density at radius 1 is 1.32 bits per heavy atom. The molecule has 3 aromatic rings. The maximum absolute atomic E-state index is 12.6. The lowest BCUT2D eigenvalue weighted by atomic mass is 10.0. The van der Waals surface area contributed by atoms with Gasteiger partial charge in [-0.2, -0.15) is 0 Å². The highest BCUT2D eigenvalue weighted by molar-refractivity contribution is 7.99. The van der Waals surface area contributed by atoms with Crippen LogP contribution in [0.1, 0.15) is 21.5 Å². The summed E-state index contributed by atoms with van der Waals surface area (Å²) >= 11 is 2.72. The zero-order chi connectivity index (χ0) is 18.0. The molecule has 0 amide bonds. The second kappa shape index (κ2) is 7.37. The zero-order valence-electron chi connectivity index (χ0n) is 14.1. The number of ketones is 1. The summed E-state index contributed by atoms with van der Waals surface area (Å²) in [5.41, 5.74) is 2.85. The van der Waals surface area contributed by atoms with E-state index >= 15 is 0 Å². The van der Waals surface area contributed by atoms with Crippen LogP contribution in [-0.4, -0.2) is 21.1 Å². The molecule has 4 nitrogen and oxygen atoms in total. The molecule has 0 spiro atoms. The first-order valence-electron chi connectivity index (χ1n) is 7.83. The molecule has 0 bridgehead atoms. The summed E-state index contributed by atoms with van der Waals surface area (Å²) in [4.78, 5) is 30.3. The van der Waals surface area contributed by atoms with Crippen molar-refractivity contribution in [3.05, 3.63) is 69.3 Å². The molecule has 2 heterocycles. The number of hydrogen-bond donors (Lipinski definition) is 0. The number of carbonyl (C=O) groups excluding carboxylic acids is 1. The van der Waals surface area contributed by atoms with Crippen molar-refractivity contribution in [1.82, 2.24) is 9.55 Å². The van der Waals surface area contributed by atoms with E-state index in [0.29, 0.717) is 27.5 Å². The van der Waals surface area contributed by atoms with Gasteiger partial charge >= 0.3 is 0 Å². The van der Waals surface area contributed by atoms with E-state index < -0.39 is 0 Å². The molecular weight excluding hydrogens is 352 g/mol. The number of aromatic nitrogens is 2. The molecule has 0 aliphatic heterocycles. The Balaban J connectivity index is 1.88. The summed E-state index contributed by atoms with van der Waals surface area (Å²) in [6.07, 6.45) is 1.66. The molecule has 0 N–H and O–H groups in total. The third kappa shape index (κ3) is 3.60. The molecule has 2 aromatic heterocycles. The maximum Gasteiger partial charge on any atom is 0.263 e. The molecule has 1 aromatic carbocycles. The van der Waals surface area contributed by atoms with Crippen LogP contribution in [0.5, 0.6) is 0 Å². The summed E-state index contributed by atoms with van der Waals surface area (Å²) in [5, 5.41) is 3.01. The summed E-state index contributed by atoms with van der Waals surface area (Å²) in [7, 11) is 0. The smallest absolute Gasteiger partial charge is 0.263 e. The minimum atomic E-state index is -0.0905. The van der Waals surface area contributed by atoms with Gasteiger partial charge in [0.2, 0.25) is 0 Å². The standard InChI is InChI=1S/C19H18N2O2S2/c1-4-8-21-18(23)15-7-9-24-17(15)20-19(21)25-11-16(22)14-6-5-12(2)13(3)10-14/h4-7,9-10H,1,8,11H2,2-3H3. The van der Waals surface area contributed by atoms with E-state index in [9.17, 15) is 9.59 Å². The van der Waals surface area contributed by atoms with Crippen molar-refractivity contribution in [3.8, 4) is 0 Å². The average molecular weight is 370 g/mol. The van der Waals surface area contributed by atoms with E-state index in [1.807, 2.05) is 37.4 Å². The number of aryl methyl sites for hydroxylation is 2. The topological polar surface area (TPSA) is 52.0 Å². The van der Waals surface area contributed by atoms with Crippen LogP contribution in [0.4, 0.5) is 0 Å². The Labute approximate surface area is 154 Å². The van der Waals surface area contributed by atoms with Crippen LogP contribution in [-0.2, 0) is 6.54 Å². The van der Waals surface area contributed by atoms with Gasteiger partial charge in [-0.3, -0.25) is 14.2 Å². The quantitative estimate of drug-likeness (QED) is 0.282. The van der Waals surface area contributed by atoms with Crippen molar-refractivity contribution in [2.24, 2.45) is 0 Å². The lowest BCUT2D eigenvalue weighted by molar-refractivity contribution is 0.102. The van der Waals surface area contributed by atoms with Crippen molar-refractivity contribution in [2.45, 2.75) is 25.5 Å². The van der Waals surface area contributed by atoms with Crippen LogP contribution in [0, 0.1) is 13.8 Å². The highest BCUT2D eigenvalue weighted by Crippen LogP contribution is 2.22. The van der Waals surface area contributed by atoms with Crippen molar-refractivity contribution < 1.29 is 4.79 Å². The predicted molar refractivity (Wildman–Crippen MR) is 105 cm³/mol. The lowest BCUT2D eigenvalue weighted by Gasteiger charge is -2.10. The number of Topliss-reactive ketones (excluding diaryl/α,β-unsaturated/α-hetero) is 1. The van der Waals surface area contributed by atoms with Gasteiger partial charge in [0.05, 0.1) is 11.1 Å². The minimum absolute atomic E-state index is 0.0266. The van der Waals surface area contributed by atoms with Crippen LogP contribution < -0.4 is 5.56 Å². The number of allylic oxidation sites excluding steroid dienone is 1.